The van der Waals surface area contributed by atoms with Crippen molar-refractivity contribution in [3.8, 4) is 17.6 Å². The van der Waals surface area contributed by atoms with Gasteiger partial charge in [0.05, 0.1) is 13.7 Å². The maximum atomic E-state index is 12.5. The Balaban J connectivity index is 2.32. The second kappa shape index (κ2) is 9.79. The van der Waals surface area contributed by atoms with E-state index in [1.807, 2.05) is 38.1 Å². The van der Waals surface area contributed by atoms with E-state index in [0.29, 0.717) is 33.8 Å². The van der Waals surface area contributed by atoms with Crippen LogP contribution in [-0.4, -0.2) is 19.6 Å². The Kier molecular flexibility index (Phi) is 7.44. The number of rotatable bonds is 7. The number of anilines is 1. The molecule has 6 heteroatoms. The van der Waals surface area contributed by atoms with Crippen LogP contribution in [0.3, 0.4) is 0 Å². The molecule has 1 N–H and O–H groups in total. The summed E-state index contributed by atoms with van der Waals surface area (Å²) < 4.78 is 11.7. The first-order valence-corrected chi connectivity index (χ1v) is 9.28. The summed E-state index contributed by atoms with van der Waals surface area (Å²) in [6.45, 7) is 4.48. The van der Waals surface area contributed by atoms with Crippen LogP contribution in [0, 0.1) is 18.3 Å². The van der Waals surface area contributed by atoms with Crippen molar-refractivity contribution in [3.05, 3.63) is 57.6 Å². The number of nitrogens with one attached hydrogen (secondary N) is 1. The fourth-order valence-corrected chi connectivity index (χ4v) is 2.79. The van der Waals surface area contributed by atoms with Gasteiger partial charge in [0.15, 0.2) is 11.5 Å². The van der Waals surface area contributed by atoms with Crippen molar-refractivity contribution in [3.63, 3.8) is 0 Å². The molecule has 0 radical (unpaired) electrons. The summed E-state index contributed by atoms with van der Waals surface area (Å²) in [6, 6.07) is 12.9. The highest BCUT2D eigenvalue weighted by atomic mass is 79.9. The first-order valence-electron chi connectivity index (χ1n) is 8.49. The molecular formula is C21H21BrN2O3. The molecule has 2 aromatic carbocycles. The monoisotopic (exact) mass is 428 g/mol. The summed E-state index contributed by atoms with van der Waals surface area (Å²) in [4.78, 5) is 12.5. The van der Waals surface area contributed by atoms with Crippen molar-refractivity contribution in [2.45, 2.75) is 20.3 Å². The van der Waals surface area contributed by atoms with Crippen LogP contribution in [0.25, 0.3) is 6.08 Å². The van der Waals surface area contributed by atoms with Crippen LogP contribution in [-0.2, 0) is 4.79 Å². The molecule has 140 valence electrons. The van der Waals surface area contributed by atoms with E-state index in [1.54, 1.807) is 25.3 Å². The molecule has 0 aromatic heterocycles. The van der Waals surface area contributed by atoms with Gasteiger partial charge in [-0.2, -0.15) is 5.26 Å². The van der Waals surface area contributed by atoms with Gasteiger partial charge >= 0.3 is 0 Å². The summed E-state index contributed by atoms with van der Waals surface area (Å²) in [6.07, 6.45) is 2.39. The number of nitrogens with zero attached hydrogens (tertiary/aromatic N) is 1. The summed E-state index contributed by atoms with van der Waals surface area (Å²) in [5.41, 5.74) is 2.22. The van der Waals surface area contributed by atoms with Crippen molar-refractivity contribution in [1.82, 2.24) is 0 Å². The molecule has 2 rings (SSSR count). The summed E-state index contributed by atoms with van der Waals surface area (Å²) in [5, 5.41) is 12.2. The molecule has 0 fully saturated rings. The molecule has 0 bridgehead atoms. The smallest absolute Gasteiger partial charge is 0.266 e. The van der Waals surface area contributed by atoms with E-state index < -0.39 is 5.91 Å². The predicted octanol–water partition coefficient (Wildman–Crippen LogP) is 5.10. The highest BCUT2D eigenvalue weighted by Crippen LogP contribution is 2.34. The summed E-state index contributed by atoms with van der Waals surface area (Å²) in [5.74, 6) is 0.671. The number of nitriles is 1. The van der Waals surface area contributed by atoms with Gasteiger partial charge < -0.3 is 14.8 Å². The second-order valence-corrected chi connectivity index (χ2v) is 6.67. The minimum Gasteiger partial charge on any atom is -0.493 e. The van der Waals surface area contributed by atoms with Crippen LogP contribution in [0.4, 0.5) is 5.69 Å². The molecule has 27 heavy (non-hydrogen) atoms. The molecule has 5 nitrogen and oxygen atoms in total. The minimum atomic E-state index is -0.469. The Morgan fingerprint density at radius 1 is 1.30 bits per heavy atom. The minimum absolute atomic E-state index is 0.0109. The molecule has 0 heterocycles. The maximum absolute atomic E-state index is 12.5. The number of para-hydroxylation sites is 1. The number of methoxy groups -OCH3 is 1. The Hall–Kier alpha value is -2.78. The predicted molar refractivity (Wildman–Crippen MR) is 110 cm³/mol. The average molecular weight is 429 g/mol. The van der Waals surface area contributed by atoms with Gasteiger partial charge in [-0.1, -0.05) is 41.1 Å². The molecule has 1 amide bonds. The number of ether oxygens (including phenoxy) is 2. The van der Waals surface area contributed by atoms with E-state index in [4.69, 9.17) is 9.47 Å². The van der Waals surface area contributed by atoms with E-state index >= 15 is 0 Å². The number of hydrogen-bond acceptors (Lipinski definition) is 4. The molecule has 0 saturated heterocycles. The normalized spacial score (nSPS) is 10.9. The first-order chi connectivity index (χ1) is 13.0. The molecule has 0 aliphatic rings. The van der Waals surface area contributed by atoms with Gasteiger partial charge in [0.2, 0.25) is 0 Å². The number of hydrogen-bond donors (Lipinski definition) is 1. The molecule has 0 aliphatic carbocycles. The van der Waals surface area contributed by atoms with Gasteiger partial charge in [-0.05, 0) is 48.7 Å². The summed E-state index contributed by atoms with van der Waals surface area (Å²) >= 11 is 3.47. The Bertz CT molecular complexity index is 901. The van der Waals surface area contributed by atoms with E-state index in [-0.39, 0.29) is 5.57 Å². The van der Waals surface area contributed by atoms with Crippen LogP contribution < -0.4 is 14.8 Å². The largest absolute Gasteiger partial charge is 0.493 e. The van der Waals surface area contributed by atoms with Crippen molar-refractivity contribution in [1.29, 1.82) is 5.26 Å². The third-order valence-corrected chi connectivity index (χ3v) is 4.49. The Labute approximate surface area is 167 Å². The van der Waals surface area contributed by atoms with Gasteiger partial charge in [0.25, 0.3) is 5.91 Å². The number of amides is 1. The lowest BCUT2D eigenvalue weighted by molar-refractivity contribution is -0.112. The van der Waals surface area contributed by atoms with Gasteiger partial charge in [0.1, 0.15) is 11.6 Å². The maximum Gasteiger partial charge on any atom is 0.266 e. The molecule has 0 saturated carbocycles. The number of benzene rings is 2. The van der Waals surface area contributed by atoms with Crippen LogP contribution >= 0.6 is 15.9 Å². The van der Waals surface area contributed by atoms with E-state index in [0.717, 1.165) is 12.0 Å². The molecule has 0 atom stereocenters. The molecule has 0 unspecified atom stereocenters. The standard InChI is InChI=1S/C21H21BrN2O3/c1-4-9-27-20-12-17(22)15(11-19(20)26-3)10-16(13-23)21(25)24-18-8-6-5-7-14(18)2/h5-8,10-12H,4,9H2,1-3H3,(H,24,25). The number of halogens is 1. The molecule has 2 aromatic rings. The van der Waals surface area contributed by atoms with Gasteiger partial charge in [-0.25, -0.2) is 0 Å². The van der Waals surface area contributed by atoms with Crippen molar-refractivity contribution < 1.29 is 14.3 Å². The fourth-order valence-electron chi connectivity index (χ4n) is 2.35. The Morgan fingerprint density at radius 3 is 2.67 bits per heavy atom. The highest BCUT2D eigenvalue weighted by molar-refractivity contribution is 9.10. The zero-order valence-electron chi connectivity index (χ0n) is 15.5. The van der Waals surface area contributed by atoms with Crippen LogP contribution in [0.2, 0.25) is 0 Å². The lowest BCUT2D eigenvalue weighted by Gasteiger charge is -2.12. The van der Waals surface area contributed by atoms with Crippen LogP contribution in [0.1, 0.15) is 24.5 Å². The first kappa shape index (κ1) is 20.5. The fraction of sp³-hybridized carbons (Fsp3) is 0.238. The lowest BCUT2D eigenvalue weighted by atomic mass is 10.1. The Morgan fingerprint density at radius 2 is 2.04 bits per heavy atom. The van der Waals surface area contributed by atoms with Crippen molar-refractivity contribution in [2.75, 3.05) is 19.0 Å². The lowest BCUT2D eigenvalue weighted by Crippen LogP contribution is -2.14. The third kappa shape index (κ3) is 5.35. The number of carbonyl (C=O) groups is 1. The SMILES string of the molecule is CCCOc1cc(Br)c(C=C(C#N)C(=O)Nc2ccccc2C)cc1OC. The quantitative estimate of drug-likeness (QED) is 0.491. The number of carbonyl (C=O) groups excluding carboxylic acids is 1. The molecule has 0 spiro atoms. The van der Waals surface area contributed by atoms with Crippen molar-refractivity contribution in [2.24, 2.45) is 0 Å². The second-order valence-electron chi connectivity index (χ2n) is 5.81. The van der Waals surface area contributed by atoms with E-state index in [9.17, 15) is 10.1 Å². The van der Waals surface area contributed by atoms with Gasteiger partial charge in [0, 0.05) is 10.2 Å². The van der Waals surface area contributed by atoms with Crippen LogP contribution in [0.5, 0.6) is 11.5 Å². The topological polar surface area (TPSA) is 71.3 Å². The van der Waals surface area contributed by atoms with Crippen molar-refractivity contribution >= 4 is 33.6 Å². The molecule has 0 aliphatic heterocycles. The molecular weight excluding hydrogens is 408 g/mol. The number of aryl methyl sites for hydroxylation is 1. The highest BCUT2D eigenvalue weighted by Gasteiger charge is 2.14. The average Bonchev–Trinajstić information content (AvgIpc) is 2.67. The van der Waals surface area contributed by atoms with E-state index in [2.05, 4.69) is 21.2 Å². The van der Waals surface area contributed by atoms with Gasteiger partial charge in [-0.15, -0.1) is 0 Å². The zero-order valence-corrected chi connectivity index (χ0v) is 17.1. The summed E-state index contributed by atoms with van der Waals surface area (Å²) in [7, 11) is 1.55. The van der Waals surface area contributed by atoms with Gasteiger partial charge in [-0.3, -0.25) is 4.79 Å². The zero-order chi connectivity index (χ0) is 19.8. The van der Waals surface area contributed by atoms with E-state index in [1.165, 1.54) is 6.08 Å². The third-order valence-electron chi connectivity index (χ3n) is 3.80. The van der Waals surface area contributed by atoms with Crippen LogP contribution in [0.15, 0.2) is 46.4 Å².